The third-order valence-corrected chi connectivity index (χ3v) is 11.3. The summed E-state index contributed by atoms with van der Waals surface area (Å²) < 4.78 is 10.1. The molecule has 0 aliphatic rings. The zero-order valence-electron chi connectivity index (χ0n) is 27.4. The highest BCUT2D eigenvalue weighted by atomic mass is 32.1. The van der Waals surface area contributed by atoms with E-state index in [1.165, 1.54) is 43.7 Å². The van der Waals surface area contributed by atoms with Crippen molar-refractivity contribution in [3.63, 3.8) is 0 Å². The highest BCUT2D eigenvalue weighted by molar-refractivity contribution is 7.21. The van der Waals surface area contributed by atoms with Crippen LogP contribution in [-0.4, -0.2) is 9.55 Å². The monoisotopic (exact) mass is 668 g/mol. The molecule has 11 aromatic rings. The van der Waals surface area contributed by atoms with Gasteiger partial charge in [0.05, 0.1) is 26.6 Å². The molecule has 0 N–H and O–H groups in total. The number of fused-ring (bicyclic) bond motifs is 10. The van der Waals surface area contributed by atoms with Crippen LogP contribution in [0.25, 0.3) is 103 Å². The van der Waals surface area contributed by atoms with Gasteiger partial charge in [0, 0.05) is 38.4 Å². The Hall–Kier alpha value is -6.49. The average molecular weight is 669 g/mol. The Kier molecular flexibility index (Phi) is 6.12. The molecule has 3 aromatic heterocycles. The van der Waals surface area contributed by atoms with E-state index in [-0.39, 0.29) is 0 Å². The van der Waals surface area contributed by atoms with Gasteiger partial charge in [0.1, 0.15) is 16.2 Å². The number of rotatable bonds is 4. The lowest BCUT2D eigenvalue weighted by Crippen LogP contribution is -1.94. The number of hydrogen-bond donors (Lipinski definition) is 0. The van der Waals surface area contributed by atoms with E-state index in [9.17, 15) is 0 Å². The van der Waals surface area contributed by atoms with E-state index < -0.39 is 0 Å². The summed E-state index contributed by atoms with van der Waals surface area (Å²) in [6.45, 7) is 0. The fourth-order valence-corrected chi connectivity index (χ4v) is 8.92. The minimum atomic E-state index is 0.864. The first-order chi connectivity index (χ1) is 25.3. The Labute approximate surface area is 297 Å². The minimum absolute atomic E-state index is 0.864. The van der Waals surface area contributed by atoms with Gasteiger partial charge in [-0.15, -0.1) is 11.3 Å². The van der Waals surface area contributed by atoms with Gasteiger partial charge >= 0.3 is 0 Å². The standard InChI is InChI=1S/C47H28N2OS/c1-3-12-29(13-4-1)35-19-11-20-37-43-40(50-46(35)37)26-27-41-44(43)48-47(51-41)31-24-22-30(23-25-31)38-28-32-14-7-8-17-34(32)45-42(38)36-18-9-10-21-39(36)49(45)33-15-5-2-6-16-33/h1-28H. The average Bonchev–Trinajstić information content (AvgIpc) is 3.90. The minimum Gasteiger partial charge on any atom is -0.455 e. The first-order valence-electron chi connectivity index (χ1n) is 17.2. The van der Waals surface area contributed by atoms with E-state index in [2.05, 4.69) is 168 Å². The van der Waals surface area contributed by atoms with E-state index >= 15 is 0 Å². The lowest BCUT2D eigenvalue weighted by Gasteiger charge is -2.12. The van der Waals surface area contributed by atoms with Gasteiger partial charge < -0.3 is 8.98 Å². The zero-order valence-corrected chi connectivity index (χ0v) is 28.2. The lowest BCUT2D eigenvalue weighted by atomic mass is 9.94. The van der Waals surface area contributed by atoms with Gasteiger partial charge in [-0.05, 0) is 58.5 Å². The van der Waals surface area contributed by atoms with E-state index in [0.29, 0.717) is 0 Å². The number of hydrogen-bond acceptors (Lipinski definition) is 3. The summed E-state index contributed by atoms with van der Waals surface area (Å²) in [5.74, 6) is 0. The molecule has 8 aromatic carbocycles. The van der Waals surface area contributed by atoms with Crippen molar-refractivity contribution in [1.29, 1.82) is 0 Å². The van der Waals surface area contributed by atoms with Crippen LogP contribution in [0, 0.1) is 0 Å². The second kappa shape index (κ2) is 11.0. The number of para-hydroxylation sites is 3. The fourth-order valence-electron chi connectivity index (χ4n) is 7.94. The van der Waals surface area contributed by atoms with Gasteiger partial charge in [0.25, 0.3) is 0 Å². The van der Waals surface area contributed by atoms with Crippen LogP contribution >= 0.6 is 11.3 Å². The molecular weight excluding hydrogens is 641 g/mol. The van der Waals surface area contributed by atoms with Crippen LogP contribution in [0.2, 0.25) is 0 Å². The third kappa shape index (κ3) is 4.27. The van der Waals surface area contributed by atoms with Crippen LogP contribution in [0.3, 0.4) is 0 Å². The van der Waals surface area contributed by atoms with Crippen molar-refractivity contribution in [1.82, 2.24) is 9.55 Å². The van der Waals surface area contributed by atoms with Gasteiger partial charge in [-0.25, -0.2) is 4.98 Å². The molecule has 0 saturated carbocycles. The van der Waals surface area contributed by atoms with Crippen molar-refractivity contribution in [3.8, 4) is 38.5 Å². The largest absolute Gasteiger partial charge is 0.455 e. The molecule has 0 bridgehead atoms. The summed E-state index contributed by atoms with van der Waals surface area (Å²) in [5.41, 5.74) is 12.1. The Balaban J connectivity index is 1.08. The molecule has 0 aliphatic carbocycles. The van der Waals surface area contributed by atoms with Gasteiger partial charge in [-0.1, -0.05) is 133 Å². The smallest absolute Gasteiger partial charge is 0.143 e. The van der Waals surface area contributed by atoms with Gasteiger partial charge in [-0.2, -0.15) is 0 Å². The second-order valence-corrected chi connectivity index (χ2v) is 14.1. The molecule has 0 atom stereocenters. The molecule has 3 nitrogen and oxygen atoms in total. The maximum Gasteiger partial charge on any atom is 0.143 e. The molecule has 0 unspecified atom stereocenters. The topological polar surface area (TPSA) is 31.0 Å². The summed E-state index contributed by atoms with van der Waals surface area (Å²) in [6, 6.07) is 60.6. The number of aromatic nitrogens is 2. The quantitative estimate of drug-likeness (QED) is 0.187. The highest BCUT2D eigenvalue weighted by Gasteiger charge is 2.20. The first-order valence-corrected chi connectivity index (χ1v) is 18.0. The van der Waals surface area contributed by atoms with Crippen LogP contribution in [0.5, 0.6) is 0 Å². The van der Waals surface area contributed by atoms with Crippen molar-refractivity contribution >= 4 is 76.1 Å². The molecule has 0 radical (unpaired) electrons. The summed E-state index contributed by atoms with van der Waals surface area (Å²) >= 11 is 1.73. The molecule has 0 fully saturated rings. The summed E-state index contributed by atoms with van der Waals surface area (Å²) in [7, 11) is 0. The Morgan fingerprint density at radius 3 is 2.04 bits per heavy atom. The van der Waals surface area contributed by atoms with Crippen molar-refractivity contribution in [2.75, 3.05) is 0 Å². The molecule has 0 saturated heterocycles. The molecule has 11 rings (SSSR count). The predicted octanol–water partition coefficient (Wildman–Crippen LogP) is 13.4. The molecule has 3 heterocycles. The number of nitrogens with zero attached hydrogens (tertiary/aromatic N) is 2. The molecule has 4 heteroatoms. The molecule has 238 valence electrons. The molecule has 51 heavy (non-hydrogen) atoms. The lowest BCUT2D eigenvalue weighted by molar-refractivity contribution is 0.670. The van der Waals surface area contributed by atoms with Crippen molar-refractivity contribution in [3.05, 3.63) is 170 Å². The fraction of sp³-hybridized carbons (Fsp3) is 0. The van der Waals surface area contributed by atoms with Crippen molar-refractivity contribution in [2.45, 2.75) is 0 Å². The molecule has 0 aliphatic heterocycles. The highest BCUT2D eigenvalue weighted by Crippen LogP contribution is 2.44. The van der Waals surface area contributed by atoms with Gasteiger partial charge in [0.2, 0.25) is 0 Å². The molecular formula is C47H28N2OS. The SMILES string of the molecule is c1ccc(-c2cccc3c2oc2ccc4sc(-c5ccc(-c6cc7ccccc7c7c6c6ccccc6n7-c6ccccc6)cc5)nc4c23)cc1. The predicted molar refractivity (Wildman–Crippen MR) is 215 cm³/mol. The van der Waals surface area contributed by atoms with Gasteiger partial charge in [0.15, 0.2) is 0 Å². The summed E-state index contributed by atoms with van der Waals surface area (Å²) in [4.78, 5) is 5.26. The molecule has 0 spiro atoms. The van der Waals surface area contributed by atoms with Crippen LogP contribution in [0.15, 0.2) is 174 Å². The molecule has 0 amide bonds. The maximum atomic E-state index is 6.51. The zero-order chi connectivity index (χ0) is 33.5. The maximum absolute atomic E-state index is 6.51. The van der Waals surface area contributed by atoms with E-state index in [1.54, 1.807) is 11.3 Å². The van der Waals surface area contributed by atoms with Crippen LogP contribution in [-0.2, 0) is 0 Å². The van der Waals surface area contributed by atoms with Crippen LogP contribution < -0.4 is 0 Å². The number of benzene rings is 8. The number of thiazole rings is 1. The van der Waals surface area contributed by atoms with E-state index in [4.69, 9.17) is 9.40 Å². The van der Waals surface area contributed by atoms with Gasteiger partial charge in [-0.3, -0.25) is 0 Å². The first kappa shape index (κ1) is 28.4. The normalized spacial score (nSPS) is 11.9. The Bertz CT molecular complexity index is 3110. The Morgan fingerprint density at radius 1 is 0.510 bits per heavy atom. The van der Waals surface area contributed by atoms with Crippen LogP contribution in [0.4, 0.5) is 0 Å². The summed E-state index contributed by atoms with van der Waals surface area (Å²) in [6.07, 6.45) is 0. The number of furan rings is 1. The van der Waals surface area contributed by atoms with E-state index in [0.717, 1.165) is 59.5 Å². The van der Waals surface area contributed by atoms with Crippen molar-refractivity contribution < 1.29 is 4.42 Å². The van der Waals surface area contributed by atoms with Crippen LogP contribution in [0.1, 0.15) is 0 Å². The van der Waals surface area contributed by atoms with Crippen molar-refractivity contribution in [2.24, 2.45) is 0 Å². The second-order valence-electron chi connectivity index (χ2n) is 13.1. The summed E-state index contributed by atoms with van der Waals surface area (Å²) in [5, 5.41) is 8.16. The van der Waals surface area contributed by atoms with E-state index in [1.807, 2.05) is 6.07 Å². The third-order valence-electron chi connectivity index (χ3n) is 10.2. The Morgan fingerprint density at radius 2 is 1.20 bits per heavy atom.